The van der Waals surface area contributed by atoms with E-state index < -0.39 is 9.05 Å². The molecule has 0 aromatic heterocycles. The van der Waals surface area contributed by atoms with Gasteiger partial charge in [-0.2, -0.15) is 0 Å². The van der Waals surface area contributed by atoms with Crippen LogP contribution in [0.3, 0.4) is 0 Å². The lowest BCUT2D eigenvalue weighted by Crippen LogP contribution is -2.29. The first-order valence-electron chi connectivity index (χ1n) is 5.59. The predicted octanol–water partition coefficient (Wildman–Crippen LogP) is 2.94. The van der Waals surface area contributed by atoms with Crippen molar-refractivity contribution < 1.29 is 17.9 Å². The molecule has 1 rings (SSSR count). The second kappa shape index (κ2) is 7.49. The number of hydrogen-bond acceptors (Lipinski definition) is 4. The van der Waals surface area contributed by atoms with Crippen molar-refractivity contribution in [1.29, 1.82) is 0 Å². The smallest absolute Gasteiger partial charge is 0.265 e. The summed E-state index contributed by atoms with van der Waals surface area (Å²) in [4.78, 5) is 11.2. The van der Waals surface area contributed by atoms with Crippen molar-refractivity contribution in [3.8, 4) is 5.75 Å². The fraction of sp³-hybridized carbons (Fsp3) is 0.364. The molecule has 0 aliphatic heterocycles. The van der Waals surface area contributed by atoms with Crippen molar-refractivity contribution in [1.82, 2.24) is 5.32 Å². The molecule has 5 nitrogen and oxygen atoms in total. The van der Waals surface area contributed by atoms with Crippen molar-refractivity contribution in [3.63, 3.8) is 0 Å². The van der Waals surface area contributed by atoms with E-state index in [0.29, 0.717) is 11.0 Å². The molecule has 1 aromatic rings. The number of nitrogens with one attached hydrogen (secondary N) is 1. The Labute approximate surface area is 135 Å². The topological polar surface area (TPSA) is 72.5 Å². The summed E-state index contributed by atoms with van der Waals surface area (Å²) in [6, 6.07) is 2.71. The van der Waals surface area contributed by atoms with Gasteiger partial charge in [0.05, 0.1) is 5.02 Å². The molecular weight excluding hydrogens is 393 g/mol. The second-order valence-corrected chi connectivity index (χ2v) is 7.65. The van der Waals surface area contributed by atoms with Crippen molar-refractivity contribution in [3.05, 3.63) is 21.6 Å². The van der Waals surface area contributed by atoms with E-state index in [-0.39, 0.29) is 28.2 Å². The Bertz CT molecular complexity index is 607. The molecule has 0 radical (unpaired) electrons. The maximum absolute atomic E-state index is 11.5. The molecule has 0 aliphatic rings. The SMILES string of the molecule is CCCNC(=O)COc1c(Cl)cc(Br)cc1S(=O)(=O)Cl. The minimum absolute atomic E-state index is 0.0434. The lowest BCUT2D eigenvalue weighted by Gasteiger charge is -2.12. The fourth-order valence-corrected chi connectivity index (χ4v) is 3.38. The Balaban J connectivity index is 2.97. The van der Waals surface area contributed by atoms with Crippen LogP contribution in [-0.4, -0.2) is 27.5 Å². The number of hydrogen-bond donors (Lipinski definition) is 1. The summed E-state index contributed by atoms with van der Waals surface area (Å²) in [5, 5.41) is 2.64. The first-order chi connectivity index (χ1) is 9.25. The molecular formula is C11H12BrCl2NO4S. The van der Waals surface area contributed by atoms with Crippen LogP contribution in [0.15, 0.2) is 21.5 Å². The Morgan fingerprint density at radius 3 is 2.65 bits per heavy atom. The summed E-state index contributed by atoms with van der Waals surface area (Å²) in [6.45, 7) is 2.07. The van der Waals surface area contributed by atoms with Crippen LogP contribution in [0, 0.1) is 0 Å². The van der Waals surface area contributed by atoms with E-state index in [4.69, 9.17) is 27.0 Å². The molecule has 0 unspecified atom stereocenters. The van der Waals surface area contributed by atoms with Gasteiger partial charge in [-0.1, -0.05) is 34.5 Å². The Morgan fingerprint density at radius 2 is 2.10 bits per heavy atom. The second-order valence-electron chi connectivity index (χ2n) is 3.79. The zero-order chi connectivity index (χ0) is 15.3. The number of carbonyl (C=O) groups excluding carboxylic acids is 1. The van der Waals surface area contributed by atoms with Crippen molar-refractivity contribution in [2.24, 2.45) is 0 Å². The summed E-state index contributed by atoms with van der Waals surface area (Å²) in [7, 11) is 1.28. The monoisotopic (exact) mass is 403 g/mol. The van der Waals surface area contributed by atoms with Gasteiger partial charge in [-0.05, 0) is 18.6 Å². The predicted molar refractivity (Wildman–Crippen MR) is 81.0 cm³/mol. The van der Waals surface area contributed by atoms with Crippen molar-refractivity contribution in [2.45, 2.75) is 18.2 Å². The quantitative estimate of drug-likeness (QED) is 0.739. The number of halogens is 3. The molecule has 0 bridgehead atoms. The van der Waals surface area contributed by atoms with Gasteiger partial charge in [-0.15, -0.1) is 0 Å². The molecule has 20 heavy (non-hydrogen) atoms. The molecule has 112 valence electrons. The number of ether oxygens (including phenoxy) is 1. The van der Waals surface area contributed by atoms with Gasteiger partial charge in [-0.3, -0.25) is 4.79 Å². The highest BCUT2D eigenvalue weighted by Gasteiger charge is 2.21. The maximum atomic E-state index is 11.5. The zero-order valence-electron chi connectivity index (χ0n) is 10.5. The summed E-state index contributed by atoms with van der Waals surface area (Å²) in [5.74, 6) is -0.514. The van der Waals surface area contributed by atoms with Crippen LogP contribution in [0.2, 0.25) is 5.02 Å². The molecule has 0 spiro atoms. The van der Waals surface area contributed by atoms with E-state index in [0.717, 1.165) is 6.42 Å². The third-order valence-electron chi connectivity index (χ3n) is 2.16. The van der Waals surface area contributed by atoms with Crippen LogP contribution in [0.1, 0.15) is 13.3 Å². The molecule has 0 saturated carbocycles. The fourth-order valence-electron chi connectivity index (χ4n) is 1.31. The third-order valence-corrected chi connectivity index (χ3v) is 4.22. The van der Waals surface area contributed by atoms with E-state index in [1.54, 1.807) is 0 Å². The average Bonchev–Trinajstić information content (AvgIpc) is 2.33. The third kappa shape index (κ3) is 5.12. The van der Waals surface area contributed by atoms with E-state index in [1.165, 1.54) is 12.1 Å². The van der Waals surface area contributed by atoms with Gasteiger partial charge in [0.15, 0.2) is 12.4 Å². The molecule has 1 aromatic carbocycles. The van der Waals surface area contributed by atoms with Gasteiger partial charge in [0.25, 0.3) is 15.0 Å². The molecule has 0 aliphatic carbocycles. The molecule has 0 heterocycles. The maximum Gasteiger partial charge on any atom is 0.265 e. The van der Waals surface area contributed by atoms with Crippen LogP contribution in [0.25, 0.3) is 0 Å². The number of benzene rings is 1. The highest BCUT2D eigenvalue weighted by molar-refractivity contribution is 9.10. The van der Waals surface area contributed by atoms with Crippen molar-refractivity contribution >= 4 is 53.2 Å². The van der Waals surface area contributed by atoms with Crippen LogP contribution in [-0.2, 0) is 13.8 Å². The van der Waals surface area contributed by atoms with Gasteiger partial charge < -0.3 is 10.1 Å². The summed E-state index contributed by atoms with van der Waals surface area (Å²) < 4.78 is 28.6. The van der Waals surface area contributed by atoms with Gasteiger partial charge in [-0.25, -0.2) is 8.42 Å². The van der Waals surface area contributed by atoms with E-state index >= 15 is 0 Å². The van der Waals surface area contributed by atoms with Crippen LogP contribution in [0.4, 0.5) is 0 Å². The summed E-state index contributed by atoms with van der Waals surface area (Å²) >= 11 is 9.03. The van der Waals surface area contributed by atoms with Gasteiger partial charge in [0.1, 0.15) is 4.90 Å². The number of rotatable bonds is 6. The number of amides is 1. The van der Waals surface area contributed by atoms with Crippen LogP contribution in [0.5, 0.6) is 5.75 Å². The zero-order valence-corrected chi connectivity index (χ0v) is 14.4. The minimum atomic E-state index is -4.04. The van der Waals surface area contributed by atoms with E-state index in [2.05, 4.69) is 21.2 Å². The van der Waals surface area contributed by atoms with E-state index in [1.807, 2.05) is 6.92 Å². The standard InChI is InChI=1S/C11H12BrCl2NO4S/c1-2-3-15-10(16)6-19-11-8(13)4-7(12)5-9(11)20(14,17)18/h4-5H,2-3,6H2,1H3,(H,15,16). The highest BCUT2D eigenvalue weighted by Crippen LogP contribution is 2.37. The molecule has 9 heteroatoms. The largest absolute Gasteiger partial charge is 0.481 e. The lowest BCUT2D eigenvalue weighted by atomic mass is 10.3. The highest BCUT2D eigenvalue weighted by atomic mass is 79.9. The number of carbonyl (C=O) groups is 1. The average molecular weight is 405 g/mol. The molecule has 1 amide bonds. The van der Waals surface area contributed by atoms with Crippen LogP contribution < -0.4 is 10.1 Å². The molecule has 0 fully saturated rings. The molecule has 1 N–H and O–H groups in total. The van der Waals surface area contributed by atoms with Gasteiger partial charge in [0, 0.05) is 21.7 Å². The summed E-state index contributed by atoms with van der Waals surface area (Å²) in [6.07, 6.45) is 0.784. The summed E-state index contributed by atoms with van der Waals surface area (Å²) in [5.41, 5.74) is 0. The molecule has 0 atom stereocenters. The normalized spacial score (nSPS) is 11.2. The molecule has 0 saturated heterocycles. The lowest BCUT2D eigenvalue weighted by molar-refractivity contribution is -0.123. The Kier molecular flexibility index (Phi) is 6.57. The van der Waals surface area contributed by atoms with Gasteiger partial charge in [0.2, 0.25) is 0 Å². The Morgan fingerprint density at radius 1 is 1.45 bits per heavy atom. The Hall–Kier alpha value is -0.500. The first kappa shape index (κ1) is 17.6. The first-order valence-corrected chi connectivity index (χ1v) is 9.07. The van der Waals surface area contributed by atoms with Gasteiger partial charge >= 0.3 is 0 Å². The van der Waals surface area contributed by atoms with E-state index in [9.17, 15) is 13.2 Å². The van der Waals surface area contributed by atoms with Crippen molar-refractivity contribution in [2.75, 3.05) is 13.2 Å². The van der Waals surface area contributed by atoms with Crippen LogP contribution >= 0.6 is 38.2 Å². The minimum Gasteiger partial charge on any atom is -0.481 e.